The highest BCUT2D eigenvalue weighted by molar-refractivity contribution is 7.89. The van der Waals surface area contributed by atoms with Crippen molar-refractivity contribution in [2.75, 3.05) is 13.1 Å². The van der Waals surface area contributed by atoms with Gasteiger partial charge < -0.3 is 10.6 Å². The summed E-state index contributed by atoms with van der Waals surface area (Å²) < 4.78 is 26.8. The van der Waals surface area contributed by atoms with E-state index in [1.165, 1.54) is 12.1 Å². The molecule has 1 aromatic carbocycles. The standard InChI is InChI=1S/C17H27N3O3S/c1-12(2)19-24(22,23)16-8-6-14(7-9-16)17(21)20-10-4-5-15(11-20)13(3)18/h6-9,12-13,15,19H,4-5,10-11,18H2,1-3H3. The lowest BCUT2D eigenvalue weighted by molar-refractivity contribution is 0.0661. The van der Waals surface area contributed by atoms with Crippen LogP contribution in [0.5, 0.6) is 0 Å². The molecule has 134 valence electrons. The van der Waals surface area contributed by atoms with Crippen LogP contribution in [0.2, 0.25) is 0 Å². The molecule has 2 atom stereocenters. The fourth-order valence-corrected chi connectivity index (χ4v) is 4.21. The van der Waals surface area contributed by atoms with Gasteiger partial charge in [0.05, 0.1) is 4.90 Å². The van der Waals surface area contributed by atoms with E-state index in [1.807, 2.05) is 11.8 Å². The quantitative estimate of drug-likeness (QED) is 0.840. The Kier molecular flexibility index (Phi) is 6.01. The second kappa shape index (κ2) is 7.63. The van der Waals surface area contributed by atoms with Gasteiger partial charge in [-0.1, -0.05) is 0 Å². The van der Waals surface area contributed by atoms with E-state index in [0.717, 1.165) is 19.4 Å². The van der Waals surface area contributed by atoms with Crippen LogP contribution in [0.1, 0.15) is 44.0 Å². The average molecular weight is 353 g/mol. The second-order valence-corrected chi connectivity index (χ2v) is 8.53. The Morgan fingerprint density at radius 2 is 1.88 bits per heavy atom. The van der Waals surface area contributed by atoms with Crippen LogP contribution < -0.4 is 10.5 Å². The normalized spacial score (nSPS) is 20.2. The van der Waals surface area contributed by atoms with Gasteiger partial charge >= 0.3 is 0 Å². The monoisotopic (exact) mass is 353 g/mol. The Morgan fingerprint density at radius 1 is 1.25 bits per heavy atom. The number of rotatable bonds is 5. The summed E-state index contributed by atoms with van der Waals surface area (Å²) in [4.78, 5) is 14.6. The highest BCUT2D eigenvalue weighted by Crippen LogP contribution is 2.21. The second-order valence-electron chi connectivity index (χ2n) is 6.81. The van der Waals surface area contributed by atoms with E-state index in [1.54, 1.807) is 26.0 Å². The van der Waals surface area contributed by atoms with Crippen LogP contribution in [-0.4, -0.2) is 44.4 Å². The van der Waals surface area contributed by atoms with Crippen molar-refractivity contribution in [1.82, 2.24) is 9.62 Å². The third-order valence-electron chi connectivity index (χ3n) is 4.29. The summed E-state index contributed by atoms with van der Waals surface area (Å²) >= 11 is 0. The van der Waals surface area contributed by atoms with Gasteiger partial charge in [0.25, 0.3) is 5.91 Å². The van der Waals surface area contributed by atoms with Gasteiger partial charge in [-0.05, 0) is 63.8 Å². The molecule has 1 saturated heterocycles. The van der Waals surface area contributed by atoms with Gasteiger partial charge in [0.2, 0.25) is 10.0 Å². The number of nitrogens with two attached hydrogens (primary N) is 1. The van der Waals surface area contributed by atoms with E-state index >= 15 is 0 Å². The van der Waals surface area contributed by atoms with Crippen LogP contribution >= 0.6 is 0 Å². The van der Waals surface area contributed by atoms with Crippen molar-refractivity contribution in [1.29, 1.82) is 0 Å². The van der Waals surface area contributed by atoms with E-state index in [-0.39, 0.29) is 22.9 Å². The van der Waals surface area contributed by atoms with Crippen molar-refractivity contribution in [3.05, 3.63) is 29.8 Å². The first-order valence-electron chi connectivity index (χ1n) is 8.38. The number of benzene rings is 1. The molecular formula is C17H27N3O3S. The summed E-state index contributed by atoms with van der Waals surface area (Å²) in [6, 6.07) is 5.99. The van der Waals surface area contributed by atoms with Gasteiger partial charge in [-0.2, -0.15) is 0 Å². The molecule has 0 radical (unpaired) electrons. The molecule has 7 heteroatoms. The number of carbonyl (C=O) groups excluding carboxylic acids is 1. The number of carbonyl (C=O) groups is 1. The highest BCUT2D eigenvalue weighted by Gasteiger charge is 2.26. The Morgan fingerprint density at radius 3 is 2.42 bits per heavy atom. The molecule has 2 rings (SSSR count). The van der Waals surface area contributed by atoms with Crippen molar-refractivity contribution < 1.29 is 13.2 Å². The first kappa shape index (κ1) is 18.9. The fourth-order valence-electron chi connectivity index (χ4n) is 2.96. The van der Waals surface area contributed by atoms with Crippen molar-refractivity contribution >= 4 is 15.9 Å². The summed E-state index contributed by atoms with van der Waals surface area (Å²) in [7, 11) is -3.54. The number of sulfonamides is 1. The summed E-state index contributed by atoms with van der Waals surface area (Å²) in [5.74, 6) is 0.249. The third kappa shape index (κ3) is 4.55. The zero-order valence-electron chi connectivity index (χ0n) is 14.5. The first-order chi connectivity index (χ1) is 11.2. The zero-order chi connectivity index (χ0) is 17.9. The smallest absolute Gasteiger partial charge is 0.253 e. The van der Waals surface area contributed by atoms with E-state index in [0.29, 0.717) is 18.0 Å². The highest BCUT2D eigenvalue weighted by atomic mass is 32.2. The number of likely N-dealkylation sites (tertiary alicyclic amines) is 1. The Hall–Kier alpha value is -1.44. The van der Waals surface area contributed by atoms with Crippen LogP contribution in [0.3, 0.4) is 0 Å². The molecule has 0 saturated carbocycles. The van der Waals surface area contributed by atoms with Crippen molar-refractivity contribution in [2.45, 2.75) is 50.6 Å². The molecule has 6 nitrogen and oxygen atoms in total. The maximum absolute atomic E-state index is 12.6. The predicted molar refractivity (Wildman–Crippen MR) is 94.2 cm³/mol. The van der Waals surface area contributed by atoms with Gasteiger partial charge in [0, 0.05) is 30.7 Å². The van der Waals surface area contributed by atoms with Gasteiger partial charge in [-0.25, -0.2) is 13.1 Å². The molecule has 0 aromatic heterocycles. The van der Waals surface area contributed by atoms with Crippen LogP contribution in [0.25, 0.3) is 0 Å². The molecule has 0 spiro atoms. The van der Waals surface area contributed by atoms with Gasteiger partial charge in [0.15, 0.2) is 0 Å². The third-order valence-corrected chi connectivity index (χ3v) is 5.97. The Bertz CT molecular complexity index is 669. The van der Waals surface area contributed by atoms with E-state index in [9.17, 15) is 13.2 Å². The van der Waals surface area contributed by atoms with E-state index < -0.39 is 10.0 Å². The molecule has 1 aliphatic heterocycles. The predicted octanol–water partition coefficient (Wildman–Crippen LogP) is 1.57. The summed E-state index contributed by atoms with van der Waals surface area (Å²) in [5.41, 5.74) is 6.47. The number of hydrogen-bond donors (Lipinski definition) is 2. The van der Waals surface area contributed by atoms with Crippen molar-refractivity contribution in [2.24, 2.45) is 11.7 Å². The number of hydrogen-bond acceptors (Lipinski definition) is 4. The number of piperidine rings is 1. The summed E-state index contributed by atoms with van der Waals surface area (Å²) in [6.45, 7) is 6.88. The molecular weight excluding hydrogens is 326 g/mol. The molecule has 1 heterocycles. The maximum Gasteiger partial charge on any atom is 0.253 e. The first-order valence-corrected chi connectivity index (χ1v) is 9.86. The molecule has 1 fully saturated rings. The molecule has 3 N–H and O–H groups in total. The molecule has 1 aromatic rings. The molecule has 0 aliphatic carbocycles. The Labute approximate surface area is 144 Å². The Balaban J connectivity index is 2.11. The van der Waals surface area contributed by atoms with Gasteiger partial charge in [0.1, 0.15) is 0 Å². The van der Waals surface area contributed by atoms with Crippen molar-refractivity contribution in [3.8, 4) is 0 Å². The van der Waals surface area contributed by atoms with E-state index in [4.69, 9.17) is 5.73 Å². The lowest BCUT2D eigenvalue weighted by Gasteiger charge is -2.34. The van der Waals surface area contributed by atoms with Crippen LogP contribution in [0.4, 0.5) is 0 Å². The van der Waals surface area contributed by atoms with Crippen LogP contribution in [0.15, 0.2) is 29.2 Å². The van der Waals surface area contributed by atoms with Crippen molar-refractivity contribution in [3.63, 3.8) is 0 Å². The maximum atomic E-state index is 12.6. The lowest BCUT2D eigenvalue weighted by Crippen LogP contribution is -2.45. The number of nitrogens with zero attached hydrogens (tertiary/aromatic N) is 1. The zero-order valence-corrected chi connectivity index (χ0v) is 15.3. The molecule has 1 amide bonds. The lowest BCUT2D eigenvalue weighted by atomic mass is 9.92. The average Bonchev–Trinajstić information content (AvgIpc) is 2.53. The summed E-state index contributed by atoms with van der Waals surface area (Å²) in [6.07, 6.45) is 1.99. The van der Waals surface area contributed by atoms with Crippen LogP contribution in [-0.2, 0) is 10.0 Å². The molecule has 24 heavy (non-hydrogen) atoms. The number of amides is 1. The minimum Gasteiger partial charge on any atom is -0.338 e. The minimum atomic E-state index is -3.54. The van der Waals surface area contributed by atoms with Gasteiger partial charge in [-0.15, -0.1) is 0 Å². The fraction of sp³-hybridized carbons (Fsp3) is 0.588. The number of nitrogens with one attached hydrogen (secondary N) is 1. The topological polar surface area (TPSA) is 92.5 Å². The van der Waals surface area contributed by atoms with Crippen LogP contribution in [0, 0.1) is 5.92 Å². The van der Waals surface area contributed by atoms with Gasteiger partial charge in [-0.3, -0.25) is 4.79 Å². The summed E-state index contributed by atoms with van der Waals surface area (Å²) in [5, 5.41) is 0. The molecule has 1 aliphatic rings. The van der Waals surface area contributed by atoms with E-state index in [2.05, 4.69) is 4.72 Å². The minimum absolute atomic E-state index is 0.0650. The largest absolute Gasteiger partial charge is 0.338 e. The molecule has 2 unspecified atom stereocenters. The molecule has 0 bridgehead atoms. The SMILES string of the molecule is CC(C)NS(=O)(=O)c1ccc(C(=O)N2CCCC(C(C)N)C2)cc1.